The lowest BCUT2D eigenvalue weighted by atomic mass is 10.0. The van der Waals surface area contributed by atoms with Gasteiger partial charge < -0.3 is 10.1 Å². The van der Waals surface area contributed by atoms with Crippen molar-refractivity contribution < 1.29 is 9.53 Å². The SMILES string of the molecule is CC(C)(C)OC(=O)N[C@H](C/C=C/c1ccccc1)c1ccccc1. The molecule has 2 aromatic rings. The number of carbonyl (C=O) groups excluding carboxylic acids is 1. The van der Waals surface area contributed by atoms with Crippen LogP contribution in [-0.2, 0) is 4.74 Å². The van der Waals surface area contributed by atoms with Gasteiger partial charge in [0.05, 0.1) is 6.04 Å². The molecule has 0 spiro atoms. The first-order chi connectivity index (χ1) is 11.4. The third-order valence-corrected chi connectivity index (χ3v) is 3.37. The van der Waals surface area contributed by atoms with E-state index in [9.17, 15) is 4.79 Å². The summed E-state index contributed by atoms with van der Waals surface area (Å²) in [5.41, 5.74) is 1.69. The third-order valence-electron chi connectivity index (χ3n) is 3.37. The third kappa shape index (κ3) is 6.29. The number of benzene rings is 2. The second-order valence-electron chi connectivity index (χ2n) is 6.66. The van der Waals surface area contributed by atoms with Crippen molar-refractivity contribution in [1.29, 1.82) is 0 Å². The molecule has 0 aliphatic heterocycles. The lowest BCUT2D eigenvalue weighted by Crippen LogP contribution is -2.34. The van der Waals surface area contributed by atoms with Gasteiger partial charge in [-0.05, 0) is 38.3 Å². The number of ether oxygens (including phenoxy) is 1. The normalized spacial score (nSPS) is 12.8. The van der Waals surface area contributed by atoms with Gasteiger partial charge in [-0.25, -0.2) is 4.79 Å². The Labute approximate surface area is 144 Å². The summed E-state index contributed by atoms with van der Waals surface area (Å²) >= 11 is 0. The fourth-order valence-electron chi connectivity index (χ4n) is 2.32. The van der Waals surface area contributed by atoms with E-state index in [0.29, 0.717) is 6.42 Å². The molecule has 1 amide bonds. The quantitative estimate of drug-likeness (QED) is 0.805. The molecule has 3 heteroatoms. The molecule has 0 aliphatic carbocycles. The van der Waals surface area contributed by atoms with Crippen LogP contribution in [0.1, 0.15) is 44.4 Å². The number of hydrogen-bond acceptors (Lipinski definition) is 2. The molecular formula is C21H25NO2. The Morgan fingerprint density at radius 2 is 1.62 bits per heavy atom. The van der Waals surface area contributed by atoms with Gasteiger partial charge >= 0.3 is 6.09 Å². The summed E-state index contributed by atoms with van der Waals surface area (Å²) in [7, 11) is 0. The Balaban J connectivity index is 2.06. The zero-order chi connectivity index (χ0) is 17.4. The molecule has 1 atom stereocenters. The van der Waals surface area contributed by atoms with Crippen LogP contribution in [0.3, 0.4) is 0 Å². The molecule has 0 saturated heterocycles. The summed E-state index contributed by atoms with van der Waals surface area (Å²) in [5, 5.41) is 2.96. The first-order valence-electron chi connectivity index (χ1n) is 8.20. The summed E-state index contributed by atoms with van der Waals surface area (Å²) < 4.78 is 5.38. The van der Waals surface area contributed by atoms with Crippen molar-refractivity contribution in [2.24, 2.45) is 0 Å². The van der Waals surface area contributed by atoms with Crippen molar-refractivity contribution in [1.82, 2.24) is 5.32 Å². The van der Waals surface area contributed by atoms with Crippen LogP contribution in [0.5, 0.6) is 0 Å². The van der Waals surface area contributed by atoms with E-state index >= 15 is 0 Å². The van der Waals surface area contributed by atoms with Crippen molar-refractivity contribution in [3.8, 4) is 0 Å². The molecule has 3 nitrogen and oxygen atoms in total. The molecule has 2 aromatic carbocycles. The van der Waals surface area contributed by atoms with Crippen molar-refractivity contribution in [3.63, 3.8) is 0 Å². The Hall–Kier alpha value is -2.55. The summed E-state index contributed by atoms with van der Waals surface area (Å²) in [6.45, 7) is 5.58. The zero-order valence-electron chi connectivity index (χ0n) is 14.5. The maximum Gasteiger partial charge on any atom is 0.408 e. The van der Waals surface area contributed by atoms with Crippen LogP contribution in [0.4, 0.5) is 4.79 Å². The molecule has 0 radical (unpaired) electrons. The maximum atomic E-state index is 12.1. The fourth-order valence-corrected chi connectivity index (χ4v) is 2.32. The fraction of sp³-hybridized carbons (Fsp3) is 0.286. The van der Waals surface area contributed by atoms with E-state index in [1.807, 2.05) is 69.3 Å². The maximum absolute atomic E-state index is 12.1. The van der Waals surface area contributed by atoms with E-state index in [4.69, 9.17) is 4.74 Å². The van der Waals surface area contributed by atoms with E-state index in [-0.39, 0.29) is 6.04 Å². The van der Waals surface area contributed by atoms with Crippen LogP contribution in [0.15, 0.2) is 66.7 Å². The highest BCUT2D eigenvalue weighted by atomic mass is 16.6. The van der Waals surface area contributed by atoms with Gasteiger partial charge in [0, 0.05) is 0 Å². The minimum Gasteiger partial charge on any atom is -0.444 e. The van der Waals surface area contributed by atoms with Gasteiger partial charge in [-0.1, -0.05) is 72.8 Å². The molecule has 0 fully saturated rings. The van der Waals surface area contributed by atoms with Crippen LogP contribution in [-0.4, -0.2) is 11.7 Å². The van der Waals surface area contributed by atoms with Crippen molar-refractivity contribution in [2.45, 2.75) is 38.8 Å². The van der Waals surface area contributed by atoms with Gasteiger partial charge in [0.2, 0.25) is 0 Å². The summed E-state index contributed by atoms with van der Waals surface area (Å²) in [4.78, 5) is 12.1. The molecule has 0 aliphatic rings. The summed E-state index contributed by atoms with van der Waals surface area (Å²) in [6.07, 6.45) is 4.43. The van der Waals surface area contributed by atoms with Gasteiger partial charge in [0.1, 0.15) is 5.60 Å². The molecule has 0 heterocycles. The molecule has 1 N–H and O–H groups in total. The molecular weight excluding hydrogens is 298 g/mol. The molecule has 0 bridgehead atoms. The summed E-state index contributed by atoms with van der Waals surface area (Å²) in [6, 6.07) is 19.9. The number of amides is 1. The highest BCUT2D eigenvalue weighted by Gasteiger charge is 2.19. The Morgan fingerprint density at radius 3 is 2.21 bits per heavy atom. The first kappa shape index (κ1) is 17.8. The average Bonchev–Trinajstić information content (AvgIpc) is 2.54. The second-order valence-corrected chi connectivity index (χ2v) is 6.66. The monoisotopic (exact) mass is 323 g/mol. The number of carbonyl (C=O) groups is 1. The van der Waals surface area contributed by atoms with Crippen LogP contribution in [0.2, 0.25) is 0 Å². The molecule has 2 rings (SSSR count). The van der Waals surface area contributed by atoms with Crippen molar-refractivity contribution >= 4 is 12.2 Å². The predicted octanol–water partition coefficient (Wildman–Crippen LogP) is 5.36. The average molecular weight is 323 g/mol. The van der Waals surface area contributed by atoms with E-state index in [0.717, 1.165) is 11.1 Å². The van der Waals surface area contributed by atoms with Gasteiger partial charge in [-0.15, -0.1) is 0 Å². The smallest absolute Gasteiger partial charge is 0.408 e. The molecule has 126 valence electrons. The van der Waals surface area contributed by atoms with Crippen molar-refractivity contribution in [2.75, 3.05) is 0 Å². The number of alkyl carbamates (subject to hydrolysis) is 1. The van der Waals surface area contributed by atoms with Crippen LogP contribution in [0.25, 0.3) is 6.08 Å². The van der Waals surface area contributed by atoms with E-state index < -0.39 is 11.7 Å². The topological polar surface area (TPSA) is 38.3 Å². The highest BCUT2D eigenvalue weighted by molar-refractivity contribution is 5.68. The van der Waals surface area contributed by atoms with Crippen LogP contribution < -0.4 is 5.32 Å². The lowest BCUT2D eigenvalue weighted by molar-refractivity contribution is 0.0504. The van der Waals surface area contributed by atoms with Gasteiger partial charge in [-0.3, -0.25) is 0 Å². The van der Waals surface area contributed by atoms with E-state index in [2.05, 4.69) is 29.6 Å². The largest absolute Gasteiger partial charge is 0.444 e. The molecule has 0 saturated carbocycles. The van der Waals surface area contributed by atoms with Gasteiger partial charge in [0.25, 0.3) is 0 Å². The Morgan fingerprint density at radius 1 is 1.04 bits per heavy atom. The predicted molar refractivity (Wildman–Crippen MR) is 98.6 cm³/mol. The van der Waals surface area contributed by atoms with Crippen molar-refractivity contribution in [3.05, 3.63) is 77.9 Å². The molecule has 0 unspecified atom stereocenters. The number of nitrogens with one attached hydrogen (secondary N) is 1. The molecule has 0 aromatic heterocycles. The van der Waals surface area contributed by atoms with E-state index in [1.165, 1.54) is 0 Å². The van der Waals surface area contributed by atoms with E-state index in [1.54, 1.807) is 0 Å². The summed E-state index contributed by atoms with van der Waals surface area (Å²) in [5.74, 6) is 0. The zero-order valence-corrected chi connectivity index (χ0v) is 14.5. The highest BCUT2D eigenvalue weighted by Crippen LogP contribution is 2.19. The van der Waals surface area contributed by atoms with Gasteiger partial charge in [0.15, 0.2) is 0 Å². The molecule has 24 heavy (non-hydrogen) atoms. The minimum absolute atomic E-state index is 0.124. The van der Waals surface area contributed by atoms with Gasteiger partial charge in [-0.2, -0.15) is 0 Å². The standard InChI is InChI=1S/C21H25NO2/c1-21(2,3)24-20(23)22-19(18-14-8-5-9-15-18)16-10-13-17-11-6-4-7-12-17/h4-15,19H,16H2,1-3H3,(H,22,23)/b13-10+/t19-/m1/s1. The lowest BCUT2D eigenvalue weighted by Gasteiger charge is -2.23. The number of hydrogen-bond donors (Lipinski definition) is 1. The van der Waals surface area contributed by atoms with Crippen LogP contribution >= 0.6 is 0 Å². The second kappa shape index (κ2) is 8.34. The Kier molecular flexibility index (Phi) is 6.19. The minimum atomic E-state index is -0.509. The van der Waals surface area contributed by atoms with Crippen LogP contribution in [0, 0.1) is 0 Å². The Bertz CT molecular complexity index is 657. The number of rotatable bonds is 5. The first-order valence-corrected chi connectivity index (χ1v) is 8.20.